The molecule has 3 heterocycles. The van der Waals surface area contributed by atoms with Crippen LogP contribution in [0.1, 0.15) is 111 Å². The number of aromatic nitrogens is 4. The summed E-state index contributed by atoms with van der Waals surface area (Å²) in [6.07, 6.45) is 12.8. The number of aryl methyl sites for hydroxylation is 1. The van der Waals surface area contributed by atoms with Gasteiger partial charge in [-0.05, 0) is 55.4 Å². The number of benzene rings is 1. The maximum Gasteiger partial charge on any atom is 0.274 e. The lowest BCUT2D eigenvalue weighted by atomic mass is 9.57. The van der Waals surface area contributed by atoms with Gasteiger partial charge >= 0.3 is 0 Å². The number of anilines is 1. The van der Waals surface area contributed by atoms with Gasteiger partial charge in [0.05, 0.1) is 23.8 Å². The molecule has 226 valence electrons. The summed E-state index contributed by atoms with van der Waals surface area (Å²) in [5, 5.41) is 24.7. The van der Waals surface area contributed by atoms with Crippen LogP contribution in [0.2, 0.25) is 0 Å². The van der Waals surface area contributed by atoms with Crippen LogP contribution in [0, 0.1) is 17.2 Å². The molecule has 1 aromatic carbocycles. The Bertz CT molecular complexity index is 1510. The van der Waals surface area contributed by atoms with E-state index in [0.29, 0.717) is 42.9 Å². The number of nitrogens with one attached hydrogen (secondary N) is 2. The minimum absolute atomic E-state index is 0.237. The van der Waals surface area contributed by atoms with Crippen molar-refractivity contribution in [3.8, 4) is 11.8 Å². The Morgan fingerprint density at radius 2 is 1.91 bits per heavy atom. The molecule has 0 saturated heterocycles. The number of ether oxygens (including phenoxy) is 1. The Kier molecular flexibility index (Phi) is 8.23. The summed E-state index contributed by atoms with van der Waals surface area (Å²) in [7, 11) is 1.95. The molecule has 1 amide bonds. The van der Waals surface area contributed by atoms with Gasteiger partial charge < -0.3 is 19.9 Å². The van der Waals surface area contributed by atoms with Crippen molar-refractivity contribution >= 4 is 11.6 Å². The molecule has 6 rings (SSSR count). The van der Waals surface area contributed by atoms with Gasteiger partial charge in [0.15, 0.2) is 0 Å². The Morgan fingerprint density at radius 1 is 1.14 bits per heavy atom. The Hall–Kier alpha value is -3.77. The van der Waals surface area contributed by atoms with E-state index >= 15 is 0 Å². The van der Waals surface area contributed by atoms with Crippen molar-refractivity contribution in [1.29, 1.82) is 5.26 Å². The zero-order valence-corrected chi connectivity index (χ0v) is 25.7. The maximum atomic E-state index is 13.7. The summed E-state index contributed by atoms with van der Waals surface area (Å²) in [6.45, 7) is 5.45. The number of carbonyl (C=O) groups is 1. The van der Waals surface area contributed by atoms with Crippen molar-refractivity contribution in [2.75, 3.05) is 11.9 Å². The van der Waals surface area contributed by atoms with Crippen molar-refractivity contribution < 1.29 is 9.53 Å². The number of amides is 1. The Morgan fingerprint density at radius 3 is 2.63 bits per heavy atom. The van der Waals surface area contributed by atoms with Crippen LogP contribution in [-0.2, 0) is 24.4 Å². The molecule has 9 nitrogen and oxygen atoms in total. The number of pyridine rings is 1. The Balaban J connectivity index is 1.24. The first-order valence-corrected chi connectivity index (χ1v) is 15.8. The summed E-state index contributed by atoms with van der Waals surface area (Å²) in [4.78, 5) is 18.6. The summed E-state index contributed by atoms with van der Waals surface area (Å²) in [5.41, 5.74) is 3.41. The van der Waals surface area contributed by atoms with Crippen molar-refractivity contribution in [3.63, 3.8) is 0 Å². The first kappa shape index (κ1) is 29.3. The lowest BCUT2D eigenvalue weighted by Crippen LogP contribution is -2.44. The topological polar surface area (TPSA) is 118 Å². The van der Waals surface area contributed by atoms with Gasteiger partial charge in [-0.2, -0.15) is 5.26 Å². The highest BCUT2D eigenvalue weighted by molar-refractivity contribution is 6.03. The van der Waals surface area contributed by atoms with Gasteiger partial charge in [0.1, 0.15) is 23.6 Å². The molecule has 2 saturated carbocycles. The molecule has 43 heavy (non-hydrogen) atoms. The molecule has 0 atom stereocenters. The number of nitrogens with zero attached hydrogens (tertiary/aromatic N) is 5. The van der Waals surface area contributed by atoms with Crippen LogP contribution in [0.4, 0.5) is 5.69 Å². The summed E-state index contributed by atoms with van der Waals surface area (Å²) in [5.74, 6) is 1.78. The van der Waals surface area contributed by atoms with Gasteiger partial charge in [-0.25, -0.2) is 4.98 Å². The summed E-state index contributed by atoms with van der Waals surface area (Å²) < 4.78 is 8.11. The highest BCUT2D eigenvalue weighted by Gasteiger charge is 2.49. The molecule has 2 fully saturated rings. The Labute approximate surface area is 254 Å². The fourth-order valence-corrected chi connectivity index (χ4v) is 7.24. The molecule has 0 spiro atoms. The van der Waals surface area contributed by atoms with E-state index in [2.05, 4.69) is 46.8 Å². The number of hydrogen-bond donors (Lipinski definition) is 2. The number of rotatable bonds is 8. The average Bonchev–Trinajstić information content (AvgIpc) is 3.52. The van der Waals surface area contributed by atoms with Crippen LogP contribution >= 0.6 is 0 Å². The van der Waals surface area contributed by atoms with Crippen molar-refractivity contribution in [1.82, 2.24) is 25.1 Å². The molecular formula is C34H43N7O2. The van der Waals surface area contributed by atoms with Crippen molar-refractivity contribution in [2.45, 2.75) is 101 Å². The lowest BCUT2D eigenvalue weighted by Gasteiger charge is -2.46. The predicted octanol–water partition coefficient (Wildman–Crippen LogP) is 5.94. The zero-order valence-electron chi connectivity index (χ0n) is 25.7. The second-order valence-corrected chi connectivity index (χ2v) is 13.5. The van der Waals surface area contributed by atoms with Gasteiger partial charge in [-0.15, -0.1) is 10.2 Å². The van der Waals surface area contributed by atoms with Crippen LogP contribution in [-0.4, -0.2) is 38.3 Å². The predicted molar refractivity (Wildman–Crippen MR) is 165 cm³/mol. The molecule has 2 aliphatic carbocycles. The minimum Gasteiger partial charge on any atom is -0.490 e. The average molecular weight is 582 g/mol. The molecule has 9 heteroatoms. The van der Waals surface area contributed by atoms with Gasteiger partial charge in [0.25, 0.3) is 5.91 Å². The molecule has 3 aromatic rings. The van der Waals surface area contributed by atoms with E-state index in [1.807, 2.05) is 35.9 Å². The van der Waals surface area contributed by atoms with Gasteiger partial charge in [-0.3, -0.25) is 4.79 Å². The number of hydrogen-bond acceptors (Lipinski definition) is 7. The standard InChI is InChI=1S/C34H43N7O2/c1-33(2)21-43-29-24(20-36-26-11-7-5-4-6-8-12-26)16-28(39-30(29)33)31(42)38-27-13-9-10-25(17-27)34(18-23(19-34)14-15-35)32-40-37-22-41(32)3/h9-10,13,16-17,22-23,26,36H,4-8,11-12,14,18-21H2,1-3H3,(H,38,42). The van der Waals surface area contributed by atoms with E-state index in [1.165, 1.54) is 44.9 Å². The van der Waals surface area contributed by atoms with E-state index < -0.39 is 0 Å². The largest absolute Gasteiger partial charge is 0.490 e. The normalized spacial score (nSPS) is 23.3. The first-order chi connectivity index (χ1) is 20.8. The van der Waals surface area contributed by atoms with Gasteiger partial charge in [0, 0.05) is 42.7 Å². The van der Waals surface area contributed by atoms with E-state index in [1.54, 1.807) is 6.33 Å². The second kappa shape index (κ2) is 12.1. The molecule has 0 unspecified atom stereocenters. The van der Waals surface area contributed by atoms with Gasteiger partial charge in [-0.1, -0.05) is 58.1 Å². The molecule has 1 aliphatic heterocycles. The molecule has 3 aliphatic rings. The number of nitriles is 1. The lowest BCUT2D eigenvalue weighted by molar-refractivity contribution is 0.102. The van der Waals surface area contributed by atoms with E-state index in [-0.39, 0.29) is 16.7 Å². The molecule has 0 bridgehead atoms. The molecule has 2 aromatic heterocycles. The van der Waals surface area contributed by atoms with E-state index in [0.717, 1.165) is 41.2 Å². The van der Waals surface area contributed by atoms with Crippen LogP contribution in [0.15, 0.2) is 36.7 Å². The zero-order chi connectivity index (χ0) is 30.0. The SMILES string of the molecule is Cn1cnnc1C1(c2cccc(NC(=O)c3cc(CNC4CCCCCCC4)c4c(n3)C(C)(C)CO4)c2)CC(CC#N)C1. The van der Waals surface area contributed by atoms with Crippen LogP contribution in [0.3, 0.4) is 0 Å². The summed E-state index contributed by atoms with van der Waals surface area (Å²) >= 11 is 0. The third-order valence-corrected chi connectivity index (χ3v) is 9.65. The monoisotopic (exact) mass is 581 g/mol. The highest BCUT2D eigenvalue weighted by Crippen LogP contribution is 2.53. The fourth-order valence-electron chi connectivity index (χ4n) is 7.24. The van der Waals surface area contributed by atoms with Crippen molar-refractivity contribution in [2.24, 2.45) is 13.0 Å². The fraction of sp³-hybridized carbons (Fsp3) is 0.559. The minimum atomic E-state index is -0.337. The third-order valence-electron chi connectivity index (χ3n) is 9.65. The number of carbonyl (C=O) groups excluding carboxylic acids is 1. The van der Waals surface area contributed by atoms with Crippen LogP contribution < -0.4 is 15.4 Å². The van der Waals surface area contributed by atoms with Gasteiger partial charge in [0.2, 0.25) is 0 Å². The maximum absolute atomic E-state index is 13.7. The van der Waals surface area contributed by atoms with Crippen LogP contribution in [0.5, 0.6) is 5.75 Å². The third kappa shape index (κ3) is 5.90. The quantitative estimate of drug-likeness (QED) is 0.338. The summed E-state index contributed by atoms with van der Waals surface area (Å²) in [6, 6.07) is 12.7. The first-order valence-electron chi connectivity index (χ1n) is 15.8. The highest BCUT2D eigenvalue weighted by atomic mass is 16.5. The molecular weight excluding hydrogens is 538 g/mol. The second-order valence-electron chi connectivity index (χ2n) is 13.5. The van der Waals surface area contributed by atoms with E-state index in [4.69, 9.17) is 9.72 Å². The smallest absolute Gasteiger partial charge is 0.274 e. The number of fused-ring (bicyclic) bond motifs is 1. The molecule has 0 radical (unpaired) electrons. The van der Waals surface area contributed by atoms with E-state index in [9.17, 15) is 10.1 Å². The van der Waals surface area contributed by atoms with Crippen LogP contribution in [0.25, 0.3) is 0 Å². The van der Waals surface area contributed by atoms with Crippen molar-refractivity contribution in [3.05, 3.63) is 65.0 Å². The molecule has 2 N–H and O–H groups in total.